The zero-order chi connectivity index (χ0) is 12.5. The van der Waals surface area contributed by atoms with Gasteiger partial charge in [-0.3, -0.25) is 4.57 Å². The fourth-order valence-corrected chi connectivity index (χ4v) is 2.62. The lowest BCUT2D eigenvalue weighted by atomic mass is 10.3. The Hall–Kier alpha value is -1.49. The predicted molar refractivity (Wildman–Crippen MR) is 62.0 cm³/mol. The van der Waals surface area contributed by atoms with Crippen LogP contribution < -0.4 is 10.0 Å². The smallest absolute Gasteiger partial charge is 0.361 e. The van der Waals surface area contributed by atoms with Gasteiger partial charge >= 0.3 is 7.60 Å². The third kappa shape index (κ3) is 2.02. The van der Waals surface area contributed by atoms with Crippen LogP contribution in [-0.4, -0.2) is 19.2 Å². The van der Waals surface area contributed by atoms with Crippen molar-refractivity contribution in [3.8, 4) is 0 Å². The summed E-state index contributed by atoms with van der Waals surface area (Å²) in [5.41, 5.74) is 0.837. The number of aromatic nitrogens is 2. The standard InChI is InChI=1S/C10H11N2O4P/c1-15-17(14,16-2)8-3-4-9-10(7-8)12(13)6-5-11-9/h3-7H,1-2H3. The molecule has 0 saturated heterocycles. The molecule has 0 radical (unpaired) electrons. The molecule has 0 saturated carbocycles. The van der Waals surface area contributed by atoms with Crippen LogP contribution in [0.4, 0.5) is 0 Å². The highest BCUT2D eigenvalue weighted by atomic mass is 31.2. The van der Waals surface area contributed by atoms with Crippen LogP contribution in [0.2, 0.25) is 0 Å². The minimum absolute atomic E-state index is 0.319. The summed E-state index contributed by atoms with van der Waals surface area (Å²) in [5, 5.41) is 11.9. The molecule has 0 N–H and O–H groups in total. The summed E-state index contributed by atoms with van der Waals surface area (Å²) in [4.78, 5) is 4.02. The second-order valence-electron chi connectivity index (χ2n) is 3.29. The monoisotopic (exact) mass is 254 g/mol. The summed E-state index contributed by atoms with van der Waals surface area (Å²) in [5.74, 6) is 0. The third-order valence-electron chi connectivity index (χ3n) is 2.41. The molecule has 0 amide bonds. The van der Waals surface area contributed by atoms with Crippen LogP contribution >= 0.6 is 7.60 Å². The number of benzene rings is 1. The Labute approximate surface area is 97.9 Å². The number of hydrogen-bond acceptors (Lipinski definition) is 5. The fraction of sp³-hybridized carbons (Fsp3) is 0.200. The first-order valence-electron chi connectivity index (χ1n) is 4.81. The molecule has 17 heavy (non-hydrogen) atoms. The van der Waals surface area contributed by atoms with E-state index in [1.807, 2.05) is 0 Å². The van der Waals surface area contributed by atoms with Gasteiger partial charge in [0, 0.05) is 20.3 Å². The van der Waals surface area contributed by atoms with E-state index in [1.54, 1.807) is 12.1 Å². The second-order valence-corrected chi connectivity index (χ2v) is 5.53. The van der Waals surface area contributed by atoms with E-state index < -0.39 is 7.60 Å². The van der Waals surface area contributed by atoms with Gasteiger partial charge in [0.2, 0.25) is 5.52 Å². The van der Waals surface area contributed by atoms with E-state index in [9.17, 15) is 9.77 Å². The van der Waals surface area contributed by atoms with Crippen LogP contribution in [0.5, 0.6) is 0 Å². The Morgan fingerprint density at radius 2 is 2.06 bits per heavy atom. The molecule has 0 aliphatic heterocycles. The molecule has 1 heterocycles. The summed E-state index contributed by atoms with van der Waals surface area (Å²) in [7, 11) is -0.748. The van der Waals surface area contributed by atoms with Gasteiger partial charge in [-0.25, -0.2) is 4.98 Å². The molecule has 0 fully saturated rings. The zero-order valence-corrected chi connectivity index (χ0v) is 10.3. The number of hydrogen-bond donors (Lipinski definition) is 0. The summed E-state index contributed by atoms with van der Waals surface area (Å²) in [6.45, 7) is 0. The third-order valence-corrected chi connectivity index (χ3v) is 4.28. The highest BCUT2D eigenvalue weighted by molar-refractivity contribution is 7.62. The number of rotatable bonds is 3. The fourth-order valence-electron chi connectivity index (χ4n) is 1.51. The maximum absolute atomic E-state index is 12.1. The zero-order valence-electron chi connectivity index (χ0n) is 9.36. The molecule has 1 aromatic heterocycles. The van der Waals surface area contributed by atoms with Crippen molar-refractivity contribution in [3.05, 3.63) is 35.8 Å². The number of fused-ring (bicyclic) bond motifs is 1. The van der Waals surface area contributed by atoms with Crippen molar-refractivity contribution in [2.75, 3.05) is 14.2 Å². The van der Waals surface area contributed by atoms with Gasteiger partial charge < -0.3 is 14.3 Å². The molecule has 0 unspecified atom stereocenters. The number of nitrogens with zero attached hydrogens (tertiary/aromatic N) is 2. The Balaban J connectivity index is 2.66. The molecule has 2 aromatic rings. The molecule has 1 aromatic carbocycles. The van der Waals surface area contributed by atoms with Gasteiger partial charge in [0.15, 0.2) is 6.20 Å². The molecule has 7 heteroatoms. The minimum Gasteiger partial charge on any atom is -0.618 e. The van der Waals surface area contributed by atoms with Crippen molar-refractivity contribution < 1.29 is 18.3 Å². The minimum atomic E-state index is -3.34. The van der Waals surface area contributed by atoms with E-state index in [0.29, 0.717) is 21.1 Å². The highest BCUT2D eigenvalue weighted by Gasteiger charge is 2.25. The molecule has 90 valence electrons. The summed E-state index contributed by atoms with van der Waals surface area (Å²) in [6.07, 6.45) is 2.68. The molecule has 0 aliphatic rings. The van der Waals surface area contributed by atoms with Crippen molar-refractivity contribution in [1.82, 2.24) is 4.98 Å². The lowest BCUT2D eigenvalue weighted by molar-refractivity contribution is -0.577. The van der Waals surface area contributed by atoms with Crippen molar-refractivity contribution in [2.24, 2.45) is 0 Å². The largest absolute Gasteiger partial charge is 0.618 e. The first-order valence-corrected chi connectivity index (χ1v) is 6.35. The molecule has 6 nitrogen and oxygen atoms in total. The molecule has 2 rings (SSSR count). The van der Waals surface area contributed by atoms with E-state index in [-0.39, 0.29) is 0 Å². The van der Waals surface area contributed by atoms with Gasteiger partial charge in [-0.15, -0.1) is 0 Å². The van der Waals surface area contributed by atoms with E-state index in [1.165, 1.54) is 32.7 Å². The average Bonchev–Trinajstić information content (AvgIpc) is 2.38. The SMILES string of the molecule is COP(=O)(OC)c1ccc2ncc[n+]([O-])c2c1. The van der Waals surface area contributed by atoms with Crippen molar-refractivity contribution >= 4 is 23.9 Å². The quantitative estimate of drug-likeness (QED) is 0.463. The van der Waals surface area contributed by atoms with Crippen molar-refractivity contribution in [3.63, 3.8) is 0 Å². The first kappa shape index (κ1) is 12.0. The van der Waals surface area contributed by atoms with E-state index >= 15 is 0 Å². The maximum Gasteiger partial charge on any atom is 0.361 e. The van der Waals surface area contributed by atoms with Crippen LogP contribution in [0.15, 0.2) is 30.6 Å². The Morgan fingerprint density at radius 3 is 2.71 bits per heavy atom. The Bertz CT molecular complexity index is 594. The highest BCUT2D eigenvalue weighted by Crippen LogP contribution is 2.45. The van der Waals surface area contributed by atoms with Crippen LogP contribution in [0, 0.1) is 5.21 Å². The van der Waals surface area contributed by atoms with Crippen LogP contribution in [0.3, 0.4) is 0 Å². The Morgan fingerprint density at radius 1 is 1.35 bits per heavy atom. The maximum atomic E-state index is 12.1. The van der Waals surface area contributed by atoms with Gasteiger partial charge in [0.05, 0.1) is 11.5 Å². The van der Waals surface area contributed by atoms with Crippen molar-refractivity contribution in [1.29, 1.82) is 0 Å². The van der Waals surface area contributed by atoms with Crippen LogP contribution in [0.1, 0.15) is 0 Å². The van der Waals surface area contributed by atoms with E-state index in [2.05, 4.69) is 4.98 Å². The van der Waals surface area contributed by atoms with E-state index in [0.717, 1.165) is 0 Å². The topological polar surface area (TPSA) is 75.4 Å². The molecule has 0 spiro atoms. The second kappa shape index (κ2) is 4.41. The van der Waals surface area contributed by atoms with Gasteiger partial charge in [0.25, 0.3) is 0 Å². The molecular formula is C10H11N2O4P. The summed E-state index contributed by atoms with van der Waals surface area (Å²) in [6, 6.07) is 4.63. The van der Waals surface area contributed by atoms with Gasteiger partial charge in [-0.1, -0.05) is 0 Å². The average molecular weight is 254 g/mol. The Kier molecular flexibility index (Phi) is 3.11. The van der Waals surface area contributed by atoms with Gasteiger partial charge in [-0.05, 0) is 12.1 Å². The normalized spacial score (nSPS) is 11.9. The molecule has 0 bridgehead atoms. The van der Waals surface area contributed by atoms with Crippen LogP contribution in [0.25, 0.3) is 11.0 Å². The van der Waals surface area contributed by atoms with Gasteiger partial charge in [-0.2, -0.15) is 4.73 Å². The van der Waals surface area contributed by atoms with E-state index in [4.69, 9.17) is 9.05 Å². The molecule has 0 atom stereocenters. The first-order chi connectivity index (χ1) is 8.10. The lowest BCUT2D eigenvalue weighted by Gasteiger charge is -2.13. The van der Waals surface area contributed by atoms with Gasteiger partial charge in [0.1, 0.15) is 5.52 Å². The predicted octanol–water partition coefficient (Wildman–Crippen LogP) is 0.979. The summed E-state index contributed by atoms with van der Waals surface area (Å²) >= 11 is 0. The summed E-state index contributed by atoms with van der Waals surface area (Å²) < 4.78 is 22.5. The van der Waals surface area contributed by atoms with Crippen molar-refractivity contribution in [2.45, 2.75) is 0 Å². The molecular weight excluding hydrogens is 243 g/mol. The lowest BCUT2D eigenvalue weighted by Crippen LogP contribution is -2.27. The molecule has 0 aliphatic carbocycles. The van der Waals surface area contributed by atoms with Crippen LogP contribution in [-0.2, 0) is 13.6 Å².